The molecule has 140 valence electrons. The Morgan fingerprint density at radius 1 is 1.18 bits per heavy atom. The molecule has 0 aliphatic heterocycles. The van der Waals surface area contributed by atoms with E-state index in [4.69, 9.17) is 4.98 Å². The molecule has 4 rings (SSSR count). The third-order valence-electron chi connectivity index (χ3n) is 4.48. The van der Waals surface area contributed by atoms with Crippen molar-refractivity contribution >= 4 is 49.9 Å². The van der Waals surface area contributed by atoms with E-state index in [9.17, 15) is 10.4 Å². The molecule has 0 saturated carbocycles. The number of aliphatic hydroxyl groups excluding tert-OH is 1. The van der Waals surface area contributed by atoms with Crippen LogP contribution in [0.4, 0.5) is 0 Å². The highest BCUT2D eigenvalue weighted by molar-refractivity contribution is 8.00. The van der Waals surface area contributed by atoms with E-state index < -0.39 is 0 Å². The number of aryl methyl sites for hydroxylation is 1. The predicted molar refractivity (Wildman–Crippen MR) is 116 cm³/mol. The standard InChI is InChI=1S/C21H18N4OS2/c1-3-25-17-10-6-4-8-15(17)24-21(25)27-13(2)19(26)14(12-22)20-23-16-9-5-7-11-18(16)28-20/h4-11,13,26H,3H2,1-2H3. The first-order valence-electron chi connectivity index (χ1n) is 8.93. The largest absolute Gasteiger partial charge is 0.510 e. The van der Waals surface area contributed by atoms with Gasteiger partial charge in [0.15, 0.2) is 5.16 Å². The minimum atomic E-state index is -0.330. The Bertz CT molecular complexity index is 1200. The van der Waals surface area contributed by atoms with Crippen molar-refractivity contribution in [3.05, 3.63) is 59.3 Å². The SMILES string of the molecule is CCn1c(SC(C)C(O)=C(C#N)c2nc3ccccc3s2)nc2ccccc21. The molecule has 0 radical (unpaired) electrons. The summed E-state index contributed by atoms with van der Waals surface area (Å²) in [5.74, 6) is 0.0289. The van der Waals surface area contributed by atoms with Crippen LogP contribution in [0.5, 0.6) is 0 Å². The lowest BCUT2D eigenvalue weighted by atomic mass is 10.2. The van der Waals surface area contributed by atoms with Crippen LogP contribution in [0.25, 0.3) is 26.8 Å². The van der Waals surface area contributed by atoms with Crippen molar-refractivity contribution in [1.29, 1.82) is 5.26 Å². The van der Waals surface area contributed by atoms with E-state index in [0.717, 1.165) is 33.0 Å². The molecule has 2 aromatic heterocycles. The van der Waals surface area contributed by atoms with Gasteiger partial charge in [-0.1, -0.05) is 36.0 Å². The molecule has 0 aliphatic carbocycles. The maximum absolute atomic E-state index is 10.8. The fraction of sp³-hybridized carbons (Fsp3) is 0.190. The number of thioether (sulfide) groups is 1. The van der Waals surface area contributed by atoms with Crippen LogP contribution in [0.3, 0.4) is 0 Å². The number of thiazole rings is 1. The molecule has 2 heterocycles. The number of aliphatic hydroxyl groups is 1. The first kappa shape index (κ1) is 18.5. The highest BCUT2D eigenvalue weighted by Crippen LogP contribution is 2.34. The van der Waals surface area contributed by atoms with E-state index in [1.165, 1.54) is 23.1 Å². The summed E-state index contributed by atoms with van der Waals surface area (Å²) in [6.07, 6.45) is 0. The molecular weight excluding hydrogens is 388 g/mol. The van der Waals surface area contributed by atoms with Gasteiger partial charge < -0.3 is 9.67 Å². The minimum absolute atomic E-state index is 0.0289. The van der Waals surface area contributed by atoms with Gasteiger partial charge in [-0.25, -0.2) is 9.97 Å². The number of hydrogen-bond donors (Lipinski definition) is 1. The molecule has 0 fully saturated rings. The van der Waals surface area contributed by atoms with Gasteiger partial charge in [0, 0.05) is 6.54 Å². The van der Waals surface area contributed by atoms with Gasteiger partial charge in [0.2, 0.25) is 0 Å². The van der Waals surface area contributed by atoms with Gasteiger partial charge in [0.1, 0.15) is 22.4 Å². The van der Waals surface area contributed by atoms with Crippen LogP contribution in [-0.4, -0.2) is 24.9 Å². The number of nitrogens with zero attached hydrogens (tertiary/aromatic N) is 4. The quantitative estimate of drug-likeness (QED) is 0.264. The lowest BCUT2D eigenvalue weighted by molar-refractivity contribution is 0.402. The number of benzene rings is 2. The van der Waals surface area contributed by atoms with Crippen LogP contribution in [0.1, 0.15) is 18.9 Å². The smallest absolute Gasteiger partial charge is 0.169 e. The second-order valence-corrected chi connectivity index (χ2v) is 8.58. The number of para-hydroxylation sites is 3. The molecule has 7 heteroatoms. The van der Waals surface area contributed by atoms with Crippen LogP contribution in [-0.2, 0) is 6.54 Å². The van der Waals surface area contributed by atoms with E-state index in [1.54, 1.807) is 0 Å². The highest BCUT2D eigenvalue weighted by Gasteiger charge is 2.21. The molecule has 1 atom stereocenters. The van der Waals surface area contributed by atoms with Crippen molar-refractivity contribution in [3.8, 4) is 6.07 Å². The van der Waals surface area contributed by atoms with Gasteiger partial charge in [-0.05, 0) is 38.1 Å². The summed E-state index contributed by atoms with van der Waals surface area (Å²) in [5, 5.41) is 21.5. The molecule has 0 amide bonds. The van der Waals surface area contributed by atoms with E-state index in [0.29, 0.717) is 5.01 Å². The molecule has 1 N–H and O–H groups in total. The summed E-state index contributed by atoms with van der Waals surface area (Å²) in [5.41, 5.74) is 3.04. The van der Waals surface area contributed by atoms with E-state index in [-0.39, 0.29) is 16.6 Å². The Morgan fingerprint density at radius 3 is 2.61 bits per heavy atom. The van der Waals surface area contributed by atoms with Gasteiger partial charge in [0.05, 0.1) is 26.5 Å². The lowest BCUT2D eigenvalue weighted by Gasteiger charge is -2.12. The van der Waals surface area contributed by atoms with Crippen molar-refractivity contribution in [3.63, 3.8) is 0 Å². The number of imidazole rings is 1. The topological polar surface area (TPSA) is 74.7 Å². The second-order valence-electron chi connectivity index (χ2n) is 6.25. The van der Waals surface area contributed by atoms with Gasteiger partial charge in [0.25, 0.3) is 0 Å². The number of hydrogen-bond acceptors (Lipinski definition) is 6. The Kier molecular flexibility index (Phi) is 5.07. The zero-order valence-electron chi connectivity index (χ0n) is 15.5. The predicted octanol–water partition coefficient (Wildman–Crippen LogP) is 5.64. The average molecular weight is 407 g/mol. The molecule has 2 aromatic carbocycles. The van der Waals surface area contributed by atoms with Crippen LogP contribution >= 0.6 is 23.1 Å². The molecule has 28 heavy (non-hydrogen) atoms. The molecule has 1 unspecified atom stereocenters. The number of fused-ring (bicyclic) bond motifs is 2. The average Bonchev–Trinajstić information content (AvgIpc) is 3.28. The minimum Gasteiger partial charge on any atom is -0.510 e. The van der Waals surface area contributed by atoms with Crippen LogP contribution in [0.2, 0.25) is 0 Å². The molecular formula is C21H18N4OS2. The summed E-state index contributed by atoms with van der Waals surface area (Å²) < 4.78 is 3.11. The van der Waals surface area contributed by atoms with Crippen molar-refractivity contribution in [2.75, 3.05) is 0 Å². The van der Waals surface area contributed by atoms with Crippen LogP contribution < -0.4 is 0 Å². The molecule has 4 aromatic rings. The van der Waals surface area contributed by atoms with Crippen molar-refractivity contribution < 1.29 is 5.11 Å². The fourth-order valence-corrected chi connectivity index (χ4v) is 5.08. The van der Waals surface area contributed by atoms with Crippen molar-refractivity contribution in [2.45, 2.75) is 30.8 Å². The maximum Gasteiger partial charge on any atom is 0.169 e. The summed E-state index contributed by atoms with van der Waals surface area (Å²) >= 11 is 2.86. The molecule has 0 bridgehead atoms. The molecule has 5 nitrogen and oxygen atoms in total. The Balaban J connectivity index is 1.70. The van der Waals surface area contributed by atoms with Crippen molar-refractivity contribution in [2.24, 2.45) is 0 Å². The summed E-state index contributed by atoms with van der Waals surface area (Å²) in [6.45, 7) is 4.73. The third kappa shape index (κ3) is 3.26. The maximum atomic E-state index is 10.8. The second kappa shape index (κ2) is 7.66. The van der Waals surface area contributed by atoms with E-state index in [2.05, 4.69) is 22.5 Å². The first-order chi connectivity index (χ1) is 13.6. The van der Waals surface area contributed by atoms with Crippen molar-refractivity contribution in [1.82, 2.24) is 14.5 Å². The summed E-state index contributed by atoms with van der Waals surface area (Å²) in [7, 11) is 0. The highest BCUT2D eigenvalue weighted by atomic mass is 32.2. The Labute approximate surface area is 171 Å². The number of rotatable bonds is 5. The monoisotopic (exact) mass is 406 g/mol. The molecule has 0 spiro atoms. The van der Waals surface area contributed by atoms with Gasteiger partial charge in [-0.3, -0.25) is 0 Å². The molecule has 0 aliphatic rings. The van der Waals surface area contributed by atoms with Gasteiger partial charge >= 0.3 is 0 Å². The number of aromatic nitrogens is 3. The summed E-state index contributed by atoms with van der Waals surface area (Å²) in [6, 6.07) is 17.8. The molecule has 0 saturated heterocycles. The van der Waals surface area contributed by atoms with E-state index >= 15 is 0 Å². The van der Waals surface area contributed by atoms with Gasteiger partial charge in [-0.15, -0.1) is 11.3 Å². The van der Waals surface area contributed by atoms with E-state index in [1.807, 2.05) is 55.5 Å². The van der Waals surface area contributed by atoms with Crippen LogP contribution in [0.15, 0.2) is 59.4 Å². The normalized spacial score (nSPS) is 13.5. The Hall–Kier alpha value is -2.82. The first-order valence-corrected chi connectivity index (χ1v) is 10.6. The lowest BCUT2D eigenvalue weighted by Crippen LogP contribution is -2.06. The zero-order valence-corrected chi connectivity index (χ0v) is 17.1. The van der Waals surface area contributed by atoms with Crippen LogP contribution in [0, 0.1) is 11.3 Å². The third-order valence-corrected chi connectivity index (χ3v) is 6.63. The summed E-state index contributed by atoms with van der Waals surface area (Å²) in [4.78, 5) is 9.21. The number of nitriles is 1. The zero-order chi connectivity index (χ0) is 19.7. The fourth-order valence-electron chi connectivity index (χ4n) is 3.06. The number of allylic oxidation sites excluding steroid dienone is 1. The Morgan fingerprint density at radius 2 is 1.89 bits per heavy atom. The van der Waals surface area contributed by atoms with Gasteiger partial charge in [-0.2, -0.15) is 5.26 Å².